The molecule has 0 aliphatic carbocycles. The van der Waals surface area contributed by atoms with E-state index >= 15 is 0 Å². The van der Waals surface area contributed by atoms with Gasteiger partial charge < -0.3 is 15.4 Å². The molecule has 2 aromatic rings. The fourth-order valence-corrected chi connectivity index (χ4v) is 1.80. The third-order valence-corrected chi connectivity index (χ3v) is 2.74. The molecule has 0 saturated heterocycles. The predicted molar refractivity (Wildman–Crippen MR) is 81.8 cm³/mol. The molecular formula is C15H20N4O. The van der Waals surface area contributed by atoms with Crippen LogP contribution in [0, 0.1) is 6.92 Å². The van der Waals surface area contributed by atoms with Crippen LogP contribution in [0.15, 0.2) is 30.3 Å². The van der Waals surface area contributed by atoms with Crippen LogP contribution < -0.4 is 15.4 Å². The predicted octanol–water partition coefficient (Wildman–Crippen LogP) is 3.36. The Kier molecular flexibility index (Phi) is 4.76. The number of aromatic nitrogens is 2. The monoisotopic (exact) mass is 272 g/mol. The Morgan fingerprint density at radius 3 is 2.80 bits per heavy atom. The average molecular weight is 272 g/mol. The number of hydrogen-bond donors (Lipinski definition) is 2. The third kappa shape index (κ3) is 3.85. The minimum Gasteiger partial charge on any atom is -0.497 e. The molecule has 0 spiro atoms. The maximum Gasteiger partial charge on any atom is 0.229 e. The van der Waals surface area contributed by atoms with E-state index in [1.165, 1.54) is 0 Å². The molecule has 0 aliphatic heterocycles. The number of anilines is 3. The van der Waals surface area contributed by atoms with Crippen LogP contribution in [0.25, 0.3) is 0 Å². The zero-order valence-corrected chi connectivity index (χ0v) is 12.1. The molecule has 0 saturated carbocycles. The van der Waals surface area contributed by atoms with Gasteiger partial charge in [-0.25, -0.2) is 4.98 Å². The molecule has 0 atom stereocenters. The maximum absolute atomic E-state index is 5.20. The number of nitrogens with zero attached hydrogens (tertiary/aromatic N) is 2. The molecule has 1 heterocycles. The first-order valence-electron chi connectivity index (χ1n) is 6.72. The summed E-state index contributed by atoms with van der Waals surface area (Å²) in [5.74, 6) is 2.22. The summed E-state index contributed by atoms with van der Waals surface area (Å²) in [6.45, 7) is 4.97. The van der Waals surface area contributed by atoms with Crippen LogP contribution in [0.3, 0.4) is 0 Å². The standard InChI is InChI=1S/C15H20N4O/c1-4-8-16-14-9-11(2)17-15(19-14)18-12-6-5-7-13(10-12)20-3/h5-7,9-10H,4,8H2,1-3H3,(H2,16,17,18,19). The normalized spacial score (nSPS) is 10.2. The van der Waals surface area contributed by atoms with Gasteiger partial charge in [-0.3, -0.25) is 0 Å². The van der Waals surface area contributed by atoms with E-state index in [-0.39, 0.29) is 0 Å². The summed E-state index contributed by atoms with van der Waals surface area (Å²) in [5.41, 5.74) is 1.82. The second-order valence-corrected chi connectivity index (χ2v) is 4.50. The van der Waals surface area contributed by atoms with Gasteiger partial charge >= 0.3 is 0 Å². The zero-order valence-electron chi connectivity index (χ0n) is 12.1. The number of benzene rings is 1. The fourth-order valence-electron chi connectivity index (χ4n) is 1.80. The Bertz CT molecular complexity index is 572. The lowest BCUT2D eigenvalue weighted by atomic mass is 10.3. The minimum atomic E-state index is 0.580. The first-order chi connectivity index (χ1) is 9.71. The molecule has 0 amide bonds. The van der Waals surface area contributed by atoms with Gasteiger partial charge in [0, 0.05) is 30.1 Å². The van der Waals surface area contributed by atoms with Crippen LogP contribution in [-0.2, 0) is 0 Å². The van der Waals surface area contributed by atoms with E-state index in [4.69, 9.17) is 4.74 Å². The molecule has 0 bridgehead atoms. The highest BCUT2D eigenvalue weighted by Crippen LogP contribution is 2.20. The summed E-state index contributed by atoms with van der Waals surface area (Å²) in [6.07, 6.45) is 1.06. The van der Waals surface area contributed by atoms with Gasteiger partial charge in [0.2, 0.25) is 5.95 Å². The lowest BCUT2D eigenvalue weighted by Gasteiger charge is -2.10. The van der Waals surface area contributed by atoms with E-state index in [2.05, 4.69) is 27.5 Å². The van der Waals surface area contributed by atoms with Crippen molar-refractivity contribution in [3.05, 3.63) is 36.0 Å². The van der Waals surface area contributed by atoms with Crippen LogP contribution >= 0.6 is 0 Å². The molecule has 1 aromatic carbocycles. The fraction of sp³-hybridized carbons (Fsp3) is 0.333. The molecule has 106 valence electrons. The summed E-state index contributed by atoms with van der Waals surface area (Å²) in [5, 5.41) is 6.46. The summed E-state index contributed by atoms with van der Waals surface area (Å²) < 4.78 is 5.20. The summed E-state index contributed by atoms with van der Waals surface area (Å²) in [6, 6.07) is 9.62. The molecule has 0 unspecified atom stereocenters. The molecule has 1 aromatic heterocycles. The Balaban J connectivity index is 2.17. The van der Waals surface area contributed by atoms with Gasteiger partial charge in [0.15, 0.2) is 0 Å². The highest BCUT2D eigenvalue weighted by atomic mass is 16.5. The summed E-state index contributed by atoms with van der Waals surface area (Å²) in [4.78, 5) is 8.84. The van der Waals surface area contributed by atoms with Gasteiger partial charge in [-0.05, 0) is 25.5 Å². The van der Waals surface area contributed by atoms with Crippen LogP contribution in [0.2, 0.25) is 0 Å². The number of aryl methyl sites for hydroxylation is 1. The molecule has 2 N–H and O–H groups in total. The smallest absolute Gasteiger partial charge is 0.229 e. The number of methoxy groups -OCH3 is 1. The van der Waals surface area contributed by atoms with Crippen molar-refractivity contribution < 1.29 is 4.74 Å². The molecule has 5 heteroatoms. The number of hydrogen-bond acceptors (Lipinski definition) is 5. The topological polar surface area (TPSA) is 59.1 Å². The lowest BCUT2D eigenvalue weighted by molar-refractivity contribution is 0.415. The second-order valence-electron chi connectivity index (χ2n) is 4.50. The molecule has 0 radical (unpaired) electrons. The molecule has 5 nitrogen and oxygen atoms in total. The van der Waals surface area contributed by atoms with E-state index in [1.54, 1.807) is 7.11 Å². The molecule has 20 heavy (non-hydrogen) atoms. The third-order valence-electron chi connectivity index (χ3n) is 2.74. The Labute approximate surface area is 119 Å². The quantitative estimate of drug-likeness (QED) is 0.844. The number of ether oxygens (including phenoxy) is 1. The molecule has 0 aliphatic rings. The van der Waals surface area contributed by atoms with Crippen LogP contribution in [-0.4, -0.2) is 23.6 Å². The Hall–Kier alpha value is -2.30. The number of nitrogens with one attached hydrogen (secondary N) is 2. The maximum atomic E-state index is 5.20. The van der Waals surface area contributed by atoms with Crippen molar-refractivity contribution in [3.8, 4) is 5.75 Å². The van der Waals surface area contributed by atoms with Crippen molar-refractivity contribution in [2.24, 2.45) is 0 Å². The van der Waals surface area contributed by atoms with E-state index in [0.717, 1.165) is 35.9 Å². The van der Waals surface area contributed by atoms with Crippen molar-refractivity contribution in [2.75, 3.05) is 24.3 Å². The van der Waals surface area contributed by atoms with Crippen molar-refractivity contribution in [1.29, 1.82) is 0 Å². The Morgan fingerprint density at radius 1 is 1.20 bits per heavy atom. The number of rotatable bonds is 6. The second kappa shape index (κ2) is 6.75. The van der Waals surface area contributed by atoms with Crippen molar-refractivity contribution in [1.82, 2.24) is 9.97 Å². The molecule has 0 fully saturated rings. The van der Waals surface area contributed by atoms with E-state index in [0.29, 0.717) is 5.95 Å². The van der Waals surface area contributed by atoms with Crippen LogP contribution in [0.5, 0.6) is 5.75 Å². The van der Waals surface area contributed by atoms with E-state index in [9.17, 15) is 0 Å². The minimum absolute atomic E-state index is 0.580. The average Bonchev–Trinajstić information content (AvgIpc) is 2.44. The molecule has 2 rings (SSSR count). The van der Waals surface area contributed by atoms with Gasteiger partial charge in [-0.2, -0.15) is 4.98 Å². The highest BCUT2D eigenvalue weighted by Gasteiger charge is 2.03. The first kappa shape index (κ1) is 14.1. The van der Waals surface area contributed by atoms with E-state index in [1.807, 2.05) is 37.3 Å². The Morgan fingerprint density at radius 2 is 2.05 bits per heavy atom. The SMILES string of the molecule is CCCNc1cc(C)nc(Nc2cccc(OC)c2)n1. The van der Waals surface area contributed by atoms with Gasteiger partial charge in [-0.1, -0.05) is 13.0 Å². The van der Waals surface area contributed by atoms with Crippen molar-refractivity contribution >= 4 is 17.5 Å². The van der Waals surface area contributed by atoms with Crippen molar-refractivity contribution in [2.45, 2.75) is 20.3 Å². The van der Waals surface area contributed by atoms with Crippen LogP contribution in [0.1, 0.15) is 19.0 Å². The lowest BCUT2D eigenvalue weighted by Crippen LogP contribution is -2.06. The van der Waals surface area contributed by atoms with Gasteiger partial charge in [0.25, 0.3) is 0 Å². The van der Waals surface area contributed by atoms with Crippen LogP contribution in [0.4, 0.5) is 17.5 Å². The molecular weight excluding hydrogens is 252 g/mol. The van der Waals surface area contributed by atoms with Gasteiger partial charge in [0.1, 0.15) is 11.6 Å². The largest absolute Gasteiger partial charge is 0.497 e. The van der Waals surface area contributed by atoms with Gasteiger partial charge in [-0.15, -0.1) is 0 Å². The zero-order chi connectivity index (χ0) is 14.4. The highest BCUT2D eigenvalue weighted by molar-refractivity contribution is 5.57. The van der Waals surface area contributed by atoms with E-state index < -0.39 is 0 Å². The summed E-state index contributed by atoms with van der Waals surface area (Å²) in [7, 11) is 1.65. The van der Waals surface area contributed by atoms with Gasteiger partial charge in [0.05, 0.1) is 7.11 Å². The van der Waals surface area contributed by atoms with Crippen molar-refractivity contribution in [3.63, 3.8) is 0 Å². The first-order valence-corrected chi connectivity index (χ1v) is 6.72. The summed E-state index contributed by atoms with van der Waals surface area (Å²) >= 11 is 0.